The second kappa shape index (κ2) is 7.25. The highest BCUT2D eigenvalue weighted by atomic mass is 16.7. The first-order valence-electron chi connectivity index (χ1n) is 8.07. The lowest BCUT2D eigenvalue weighted by molar-refractivity contribution is -0.123. The summed E-state index contributed by atoms with van der Waals surface area (Å²) >= 11 is 0. The van der Waals surface area contributed by atoms with E-state index < -0.39 is 18.0 Å². The summed E-state index contributed by atoms with van der Waals surface area (Å²) in [5.41, 5.74) is 2.14. The number of anilines is 1. The van der Waals surface area contributed by atoms with Crippen LogP contribution in [0.3, 0.4) is 0 Å². The molecule has 1 heterocycles. The molecular weight excluding hydrogens is 322 g/mol. The summed E-state index contributed by atoms with van der Waals surface area (Å²) in [6, 6.07) is 12.3. The lowest BCUT2D eigenvalue weighted by Crippen LogP contribution is -2.30. The molecule has 130 valence electrons. The molecule has 0 fully saturated rings. The maximum atomic E-state index is 12.2. The van der Waals surface area contributed by atoms with E-state index in [2.05, 4.69) is 12.2 Å². The molecule has 0 aromatic heterocycles. The SMILES string of the molecule is CCc1ccc(NC(=O)[C@H](C)OC(=O)c2ccc3c(c2)OCO3)cc1. The van der Waals surface area contributed by atoms with Crippen LogP contribution in [0, 0.1) is 0 Å². The van der Waals surface area contributed by atoms with Gasteiger partial charge in [0.1, 0.15) is 0 Å². The van der Waals surface area contributed by atoms with Gasteiger partial charge in [-0.1, -0.05) is 19.1 Å². The second-order valence-corrected chi connectivity index (χ2v) is 5.66. The molecule has 2 aromatic rings. The fraction of sp³-hybridized carbons (Fsp3) is 0.263. The Bertz CT molecular complexity index is 785. The Labute approximate surface area is 145 Å². The first kappa shape index (κ1) is 16.8. The summed E-state index contributed by atoms with van der Waals surface area (Å²) < 4.78 is 15.7. The Hall–Kier alpha value is -3.02. The highest BCUT2D eigenvalue weighted by molar-refractivity contribution is 5.97. The number of carbonyl (C=O) groups is 2. The number of hydrogen-bond donors (Lipinski definition) is 1. The van der Waals surface area contributed by atoms with Crippen LogP contribution < -0.4 is 14.8 Å². The van der Waals surface area contributed by atoms with Gasteiger partial charge in [-0.3, -0.25) is 4.79 Å². The molecule has 0 radical (unpaired) electrons. The predicted molar refractivity (Wildman–Crippen MR) is 91.9 cm³/mol. The van der Waals surface area contributed by atoms with E-state index >= 15 is 0 Å². The third-order valence-electron chi connectivity index (χ3n) is 3.89. The van der Waals surface area contributed by atoms with Crippen molar-refractivity contribution in [3.63, 3.8) is 0 Å². The lowest BCUT2D eigenvalue weighted by Gasteiger charge is -2.14. The molecule has 1 aliphatic rings. The Morgan fingerprint density at radius 3 is 2.56 bits per heavy atom. The standard InChI is InChI=1S/C19H19NO5/c1-3-13-4-7-15(8-5-13)20-18(21)12(2)25-19(22)14-6-9-16-17(10-14)24-11-23-16/h4-10,12H,3,11H2,1-2H3,(H,20,21)/t12-/m0/s1. The number of ether oxygens (including phenoxy) is 3. The molecule has 1 atom stereocenters. The number of hydrogen-bond acceptors (Lipinski definition) is 5. The predicted octanol–water partition coefficient (Wildman–Crippen LogP) is 3.16. The van der Waals surface area contributed by atoms with Gasteiger partial charge in [-0.15, -0.1) is 0 Å². The summed E-state index contributed by atoms with van der Waals surface area (Å²) in [5, 5.41) is 2.73. The summed E-state index contributed by atoms with van der Waals surface area (Å²) in [6.07, 6.45) is 0.00129. The molecule has 0 bridgehead atoms. The van der Waals surface area contributed by atoms with Gasteiger partial charge in [0.05, 0.1) is 5.56 Å². The highest BCUT2D eigenvalue weighted by Crippen LogP contribution is 2.32. The van der Waals surface area contributed by atoms with Crippen molar-refractivity contribution in [2.75, 3.05) is 12.1 Å². The van der Waals surface area contributed by atoms with E-state index in [1.807, 2.05) is 24.3 Å². The smallest absolute Gasteiger partial charge is 0.339 e. The molecule has 0 aliphatic carbocycles. The largest absolute Gasteiger partial charge is 0.454 e. The average Bonchev–Trinajstić information content (AvgIpc) is 3.09. The summed E-state index contributed by atoms with van der Waals surface area (Å²) in [7, 11) is 0. The van der Waals surface area contributed by atoms with Crippen molar-refractivity contribution < 1.29 is 23.8 Å². The van der Waals surface area contributed by atoms with Gasteiger partial charge in [-0.25, -0.2) is 4.79 Å². The third kappa shape index (κ3) is 3.91. The maximum Gasteiger partial charge on any atom is 0.339 e. The first-order chi connectivity index (χ1) is 12.1. The highest BCUT2D eigenvalue weighted by Gasteiger charge is 2.21. The zero-order valence-electron chi connectivity index (χ0n) is 14.1. The Morgan fingerprint density at radius 1 is 1.12 bits per heavy atom. The molecule has 6 heteroatoms. The maximum absolute atomic E-state index is 12.2. The van der Waals surface area contributed by atoms with Crippen LogP contribution in [-0.2, 0) is 16.0 Å². The van der Waals surface area contributed by atoms with Crippen molar-refractivity contribution >= 4 is 17.6 Å². The van der Waals surface area contributed by atoms with Crippen LogP contribution in [0.4, 0.5) is 5.69 Å². The minimum absolute atomic E-state index is 0.128. The zero-order chi connectivity index (χ0) is 17.8. The quantitative estimate of drug-likeness (QED) is 0.846. The van der Waals surface area contributed by atoms with E-state index in [4.69, 9.17) is 14.2 Å². The number of carbonyl (C=O) groups excluding carboxylic acids is 2. The van der Waals surface area contributed by atoms with E-state index in [0.717, 1.165) is 6.42 Å². The van der Waals surface area contributed by atoms with Crippen molar-refractivity contribution in [3.8, 4) is 11.5 Å². The molecule has 1 N–H and O–H groups in total. The van der Waals surface area contributed by atoms with Crippen molar-refractivity contribution in [1.82, 2.24) is 0 Å². The van der Waals surface area contributed by atoms with E-state index in [1.165, 1.54) is 12.5 Å². The minimum Gasteiger partial charge on any atom is -0.454 e. The van der Waals surface area contributed by atoms with Crippen molar-refractivity contribution in [2.45, 2.75) is 26.4 Å². The number of fused-ring (bicyclic) bond motifs is 1. The second-order valence-electron chi connectivity index (χ2n) is 5.66. The van der Waals surface area contributed by atoms with Crippen molar-refractivity contribution in [3.05, 3.63) is 53.6 Å². The van der Waals surface area contributed by atoms with Crippen LogP contribution in [0.15, 0.2) is 42.5 Å². The number of amides is 1. The Balaban J connectivity index is 1.59. The average molecular weight is 341 g/mol. The lowest BCUT2D eigenvalue weighted by atomic mass is 10.1. The molecule has 3 rings (SSSR count). The topological polar surface area (TPSA) is 73.9 Å². The summed E-state index contributed by atoms with van der Waals surface area (Å²) in [4.78, 5) is 24.4. The Morgan fingerprint density at radius 2 is 1.84 bits per heavy atom. The van der Waals surface area contributed by atoms with Gasteiger partial charge >= 0.3 is 5.97 Å². The van der Waals surface area contributed by atoms with Crippen LogP contribution >= 0.6 is 0 Å². The zero-order valence-corrected chi connectivity index (χ0v) is 14.1. The molecule has 0 spiro atoms. The van der Waals surface area contributed by atoms with Crippen molar-refractivity contribution in [2.24, 2.45) is 0 Å². The van der Waals surface area contributed by atoms with Gasteiger partial charge in [0.15, 0.2) is 17.6 Å². The molecular formula is C19H19NO5. The molecule has 6 nitrogen and oxygen atoms in total. The molecule has 0 saturated carbocycles. The minimum atomic E-state index is -0.927. The van der Waals surface area contributed by atoms with Crippen LogP contribution in [0.2, 0.25) is 0 Å². The molecule has 0 saturated heterocycles. The number of nitrogens with one attached hydrogen (secondary N) is 1. The monoisotopic (exact) mass is 341 g/mol. The van der Waals surface area contributed by atoms with Gasteiger partial charge in [-0.05, 0) is 49.2 Å². The number of aryl methyl sites for hydroxylation is 1. The van der Waals surface area contributed by atoms with Gasteiger partial charge in [0.2, 0.25) is 6.79 Å². The van der Waals surface area contributed by atoms with Crippen molar-refractivity contribution in [1.29, 1.82) is 0 Å². The summed E-state index contributed by atoms with van der Waals surface area (Å²) in [5.74, 6) is 0.0843. The van der Waals surface area contributed by atoms with Crippen LogP contribution in [0.1, 0.15) is 29.8 Å². The van der Waals surface area contributed by atoms with E-state index in [9.17, 15) is 9.59 Å². The Kier molecular flexibility index (Phi) is 4.88. The van der Waals surface area contributed by atoms with Gasteiger partial charge in [0, 0.05) is 5.69 Å². The fourth-order valence-electron chi connectivity index (χ4n) is 2.37. The molecule has 0 unspecified atom stereocenters. The number of benzene rings is 2. The van der Waals surface area contributed by atoms with Crippen LogP contribution in [0.25, 0.3) is 0 Å². The van der Waals surface area contributed by atoms with Gasteiger partial charge < -0.3 is 19.5 Å². The molecule has 1 aliphatic heterocycles. The van der Waals surface area contributed by atoms with Gasteiger partial charge in [0.25, 0.3) is 5.91 Å². The normalized spacial score (nSPS) is 13.2. The van der Waals surface area contributed by atoms with E-state index in [-0.39, 0.29) is 6.79 Å². The fourth-order valence-corrected chi connectivity index (χ4v) is 2.37. The van der Waals surface area contributed by atoms with E-state index in [1.54, 1.807) is 18.2 Å². The van der Waals surface area contributed by atoms with Crippen LogP contribution in [0.5, 0.6) is 11.5 Å². The van der Waals surface area contributed by atoms with E-state index in [0.29, 0.717) is 22.7 Å². The van der Waals surface area contributed by atoms with Crippen LogP contribution in [-0.4, -0.2) is 24.8 Å². The first-order valence-corrected chi connectivity index (χ1v) is 8.07. The molecule has 1 amide bonds. The number of esters is 1. The third-order valence-corrected chi connectivity index (χ3v) is 3.89. The summed E-state index contributed by atoms with van der Waals surface area (Å²) in [6.45, 7) is 3.72. The number of rotatable bonds is 5. The molecule has 25 heavy (non-hydrogen) atoms. The van der Waals surface area contributed by atoms with Gasteiger partial charge in [-0.2, -0.15) is 0 Å². The molecule has 2 aromatic carbocycles.